The predicted octanol–water partition coefficient (Wildman–Crippen LogP) is 1.47. The van der Waals surface area contributed by atoms with E-state index in [9.17, 15) is 0 Å². The van der Waals surface area contributed by atoms with E-state index in [-0.39, 0.29) is 30.0 Å². The maximum Gasteiger partial charge on any atom is 0.191 e. The quantitative estimate of drug-likeness (QED) is 0.503. The second-order valence-corrected chi connectivity index (χ2v) is 4.34. The first-order valence-corrected chi connectivity index (χ1v) is 6.32. The lowest BCUT2D eigenvalue weighted by atomic mass is 10.1. The zero-order valence-corrected chi connectivity index (χ0v) is 13.4. The summed E-state index contributed by atoms with van der Waals surface area (Å²) in [4.78, 5) is 11.0. The molecule has 1 atom stereocenters. The number of rotatable bonds is 3. The van der Waals surface area contributed by atoms with Gasteiger partial charge in [-0.1, -0.05) is 0 Å². The third kappa shape index (κ3) is 3.37. The molecule has 18 heavy (non-hydrogen) atoms. The fourth-order valence-corrected chi connectivity index (χ4v) is 2.26. The molecule has 1 aliphatic rings. The number of fused-ring (bicyclic) bond motifs is 1. The molecule has 6 heteroatoms. The van der Waals surface area contributed by atoms with Crippen molar-refractivity contribution in [2.75, 3.05) is 13.1 Å². The van der Waals surface area contributed by atoms with Gasteiger partial charge in [-0.25, -0.2) is 9.98 Å². The standard InChI is InChI=1S/C12H21N5.HI/c1-3-16(4-2)12(13)15-10-5-7-17-8-6-14-11(17)9-10;/h6,8,10H,3-5,7,9H2,1-2H3,(H2,13,15);1H. The van der Waals surface area contributed by atoms with E-state index in [0.717, 1.165) is 38.3 Å². The highest BCUT2D eigenvalue weighted by atomic mass is 127. The summed E-state index contributed by atoms with van der Waals surface area (Å²) in [6, 6.07) is 0.283. The Hall–Kier alpha value is -0.790. The van der Waals surface area contributed by atoms with Crippen LogP contribution in [0.3, 0.4) is 0 Å². The number of imidazole rings is 1. The molecule has 5 nitrogen and oxygen atoms in total. The normalized spacial score (nSPS) is 19.0. The molecule has 2 rings (SSSR count). The number of nitrogens with zero attached hydrogens (tertiary/aromatic N) is 4. The molecule has 0 aliphatic carbocycles. The molecule has 0 saturated heterocycles. The molecule has 1 unspecified atom stereocenters. The Labute approximate surface area is 125 Å². The Morgan fingerprint density at radius 2 is 2.28 bits per heavy atom. The van der Waals surface area contributed by atoms with Crippen LogP contribution in [0.25, 0.3) is 0 Å². The number of hydrogen-bond donors (Lipinski definition) is 1. The van der Waals surface area contributed by atoms with Crippen LogP contribution >= 0.6 is 24.0 Å². The summed E-state index contributed by atoms with van der Waals surface area (Å²) >= 11 is 0. The van der Waals surface area contributed by atoms with Crippen molar-refractivity contribution in [1.82, 2.24) is 14.5 Å². The molecule has 0 bridgehead atoms. The molecule has 2 heterocycles. The number of aromatic nitrogens is 2. The Morgan fingerprint density at radius 1 is 1.56 bits per heavy atom. The lowest BCUT2D eigenvalue weighted by Crippen LogP contribution is -2.38. The van der Waals surface area contributed by atoms with Gasteiger partial charge in [0, 0.05) is 38.4 Å². The summed E-state index contributed by atoms with van der Waals surface area (Å²) < 4.78 is 2.19. The van der Waals surface area contributed by atoms with E-state index in [4.69, 9.17) is 5.73 Å². The molecule has 0 spiro atoms. The van der Waals surface area contributed by atoms with Crippen molar-refractivity contribution in [3.8, 4) is 0 Å². The van der Waals surface area contributed by atoms with E-state index in [0.29, 0.717) is 5.96 Å². The molecule has 1 aromatic heterocycles. The van der Waals surface area contributed by atoms with Gasteiger partial charge in [0.25, 0.3) is 0 Å². The molecule has 0 fully saturated rings. The minimum Gasteiger partial charge on any atom is -0.370 e. The highest BCUT2D eigenvalue weighted by Gasteiger charge is 2.19. The minimum absolute atomic E-state index is 0. The van der Waals surface area contributed by atoms with Crippen molar-refractivity contribution in [3.63, 3.8) is 0 Å². The first-order chi connectivity index (χ1) is 8.24. The topological polar surface area (TPSA) is 59.4 Å². The summed E-state index contributed by atoms with van der Waals surface area (Å²) in [5.41, 5.74) is 6.01. The van der Waals surface area contributed by atoms with Crippen LogP contribution in [0.4, 0.5) is 0 Å². The zero-order valence-electron chi connectivity index (χ0n) is 11.0. The number of aryl methyl sites for hydroxylation is 1. The van der Waals surface area contributed by atoms with Crippen LogP contribution in [-0.4, -0.2) is 39.5 Å². The molecule has 0 amide bonds. The van der Waals surface area contributed by atoms with Crippen LogP contribution < -0.4 is 5.73 Å². The highest BCUT2D eigenvalue weighted by molar-refractivity contribution is 14.0. The number of aliphatic imine (C=N–C) groups is 1. The smallest absolute Gasteiger partial charge is 0.191 e. The van der Waals surface area contributed by atoms with Gasteiger partial charge in [-0.05, 0) is 20.3 Å². The molecular formula is C12H22IN5. The molecule has 1 aliphatic heterocycles. The maximum absolute atomic E-state index is 6.01. The Kier molecular flexibility index (Phi) is 5.90. The number of hydrogen-bond acceptors (Lipinski definition) is 2. The zero-order chi connectivity index (χ0) is 12.3. The molecule has 0 radical (unpaired) electrons. The third-order valence-corrected chi connectivity index (χ3v) is 3.33. The Morgan fingerprint density at radius 3 is 2.94 bits per heavy atom. The summed E-state index contributed by atoms with van der Waals surface area (Å²) in [6.07, 6.45) is 5.83. The van der Waals surface area contributed by atoms with Crippen molar-refractivity contribution in [1.29, 1.82) is 0 Å². The monoisotopic (exact) mass is 363 g/mol. The minimum atomic E-state index is 0. The van der Waals surface area contributed by atoms with Crippen LogP contribution in [0.1, 0.15) is 26.1 Å². The summed E-state index contributed by atoms with van der Waals surface area (Å²) in [6.45, 7) is 7.01. The number of halogens is 1. The van der Waals surface area contributed by atoms with Crippen LogP contribution in [0.15, 0.2) is 17.4 Å². The van der Waals surface area contributed by atoms with E-state index in [1.165, 1.54) is 0 Å². The average Bonchev–Trinajstić information content (AvgIpc) is 2.77. The fourth-order valence-electron chi connectivity index (χ4n) is 2.26. The second kappa shape index (κ2) is 6.96. The van der Waals surface area contributed by atoms with Crippen LogP contribution in [0.2, 0.25) is 0 Å². The van der Waals surface area contributed by atoms with Crippen molar-refractivity contribution in [2.45, 2.75) is 39.3 Å². The Bertz CT molecular complexity index is 397. The van der Waals surface area contributed by atoms with Crippen LogP contribution in [0.5, 0.6) is 0 Å². The molecular weight excluding hydrogens is 341 g/mol. The van der Waals surface area contributed by atoms with Crippen molar-refractivity contribution >= 4 is 29.9 Å². The lowest BCUT2D eigenvalue weighted by Gasteiger charge is -2.24. The SMILES string of the molecule is CCN(CC)C(N)=NC1CCn2ccnc2C1.I. The lowest BCUT2D eigenvalue weighted by molar-refractivity contribution is 0.432. The highest BCUT2D eigenvalue weighted by Crippen LogP contribution is 2.16. The van der Waals surface area contributed by atoms with Gasteiger partial charge >= 0.3 is 0 Å². The van der Waals surface area contributed by atoms with Gasteiger partial charge in [0.2, 0.25) is 0 Å². The van der Waals surface area contributed by atoms with Gasteiger partial charge in [-0.3, -0.25) is 0 Å². The molecule has 0 saturated carbocycles. The third-order valence-electron chi connectivity index (χ3n) is 3.33. The molecule has 102 valence electrons. The van der Waals surface area contributed by atoms with E-state index >= 15 is 0 Å². The molecule has 0 aromatic carbocycles. The number of guanidine groups is 1. The van der Waals surface area contributed by atoms with Gasteiger partial charge < -0.3 is 15.2 Å². The molecule has 2 N–H and O–H groups in total. The van der Waals surface area contributed by atoms with Gasteiger partial charge in [-0.2, -0.15) is 0 Å². The van der Waals surface area contributed by atoms with Gasteiger partial charge in [0.15, 0.2) is 5.96 Å². The van der Waals surface area contributed by atoms with E-state index in [1.807, 2.05) is 12.4 Å². The second-order valence-electron chi connectivity index (χ2n) is 4.34. The van der Waals surface area contributed by atoms with Gasteiger partial charge in [0.1, 0.15) is 5.82 Å². The first-order valence-electron chi connectivity index (χ1n) is 6.32. The number of nitrogens with two attached hydrogens (primary N) is 1. The first kappa shape index (κ1) is 15.3. The summed E-state index contributed by atoms with van der Waals surface area (Å²) in [7, 11) is 0. The van der Waals surface area contributed by atoms with Gasteiger partial charge in [0.05, 0.1) is 6.04 Å². The summed E-state index contributed by atoms with van der Waals surface area (Å²) in [5.74, 6) is 1.79. The molecule has 1 aromatic rings. The van der Waals surface area contributed by atoms with E-state index in [1.54, 1.807) is 0 Å². The van der Waals surface area contributed by atoms with E-state index < -0.39 is 0 Å². The fraction of sp³-hybridized carbons (Fsp3) is 0.667. The average molecular weight is 363 g/mol. The van der Waals surface area contributed by atoms with Crippen LogP contribution in [0, 0.1) is 0 Å². The summed E-state index contributed by atoms with van der Waals surface area (Å²) in [5, 5.41) is 0. The van der Waals surface area contributed by atoms with Crippen molar-refractivity contribution in [3.05, 3.63) is 18.2 Å². The van der Waals surface area contributed by atoms with Crippen LogP contribution in [-0.2, 0) is 13.0 Å². The van der Waals surface area contributed by atoms with Crippen molar-refractivity contribution in [2.24, 2.45) is 10.7 Å². The van der Waals surface area contributed by atoms with Gasteiger partial charge in [-0.15, -0.1) is 24.0 Å². The maximum atomic E-state index is 6.01. The Balaban J connectivity index is 0.00000162. The van der Waals surface area contributed by atoms with E-state index in [2.05, 4.69) is 33.3 Å². The predicted molar refractivity (Wildman–Crippen MR) is 84.3 cm³/mol. The van der Waals surface area contributed by atoms with Crippen molar-refractivity contribution < 1.29 is 0 Å². The largest absolute Gasteiger partial charge is 0.370 e.